The second-order valence-corrected chi connectivity index (χ2v) is 5.21. The van der Waals surface area contributed by atoms with Crippen molar-refractivity contribution in [3.63, 3.8) is 0 Å². The first-order valence-electron chi connectivity index (χ1n) is 5.75. The van der Waals surface area contributed by atoms with Gasteiger partial charge in [0, 0.05) is 4.90 Å². The quantitative estimate of drug-likeness (QED) is 0.376. The van der Waals surface area contributed by atoms with Crippen molar-refractivity contribution in [3.8, 4) is 5.75 Å². The summed E-state index contributed by atoms with van der Waals surface area (Å²) in [5.74, 6) is -1.67. The molecule has 0 saturated heterocycles. The lowest BCUT2D eigenvalue weighted by atomic mass is 10.2. The van der Waals surface area contributed by atoms with E-state index >= 15 is 0 Å². The molecule has 0 aliphatic rings. The summed E-state index contributed by atoms with van der Waals surface area (Å²) in [6.07, 6.45) is -8.08. The summed E-state index contributed by atoms with van der Waals surface area (Å²) in [5.41, 5.74) is 2.33. The van der Waals surface area contributed by atoms with E-state index in [2.05, 4.69) is 4.99 Å². The van der Waals surface area contributed by atoms with Gasteiger partial charge in [0.15, 0.2) is 0 Å². The van der Waals surface area contributed by atoms with Crippen molar-refractivity contribution in [2.45, 2.75) is 29.9 Å². The van der Waals surface area contributed by atoms with Gasteiger partial charge in [0.1, 0.15) is 11.4 Å². The van der Waals surface area contributed by atoms with Crippen molar-refractivity contribution >= 4 is 23.3 Å². The molecule has 0 aliphatic carbocycles. The van der Waals surface area contributed by atoms with Gasteiger partial charge in [-0.3, -0.25) is 0 Å². The largest absolute Gasteiger partial charge is 0.494 e. The maximum absolute atomic E-state index is 13.1. The first kappa shape index (κ1) is 18.5. The van der Waals surface area contributed by atoms with Crippen LogP contribution < -0.4 is 10.5 Å². The molecule has 0 aromatic heterocycles. The van der Waals surface area contributed by atoms with Gasteiger partial charge in [0.2, 0.25) is 11.3 Å². The van der Waals surface area contributed by atoms with Crippen molar-refractivity contribution in [2.24, 2.45) is 10.7 Å². The predicted octanol–water partition coefficient (Wildman–Crippen LogP) is 4.21. The number of rotatable bonds is 5. The lowest BCUT2D eigenvalue weighted by Crippen LogP contribution is -2.30. The van der Waals surface area contributed by atoms with Crippen LogP contribution in [0.1, 0.15) is 5.56 Å². The molecule has 0 heterocycles. The van der Waals surface area contributed by atoms with E-state index in [1.165, 1.54) is 20.1 Å². The maximum atomic E-state index is 13.1. The third-order valence-electron chi connectivity index (χ3n) is 2.45. The number of aliphatic imine (C=N–C) groups is 1. The van der Waals surface area contributed by atoms with Crippen LogP contribution in [0.25, 0.3) is 0 Å². The molecule has 1 aromatic carbocycles. The number of halogens is 6. The highest BCUT2D eigenvalue weighted by molar-refractivity contribution is 7.99. The molecule has 10 heteroatoms. The van der Waals surface area contributed by atoms with E-state index in [4.69, 9.17) is 10.5 Å². The molecule has 124 valence electrons. The van der Waals surface area contributed by atoms with Gasteiger partial charge in [-0.05, 0) is 24.6 Å². The number of nitrogens with two attached hydrogens (primary N) is 1. The van der Waals surface area contributed by atoms with Gasteiger partial charge in [-0.25, -0.2) is 18.2 Å². The molecule has 0 aliphatic heterocycles. The molecule has 0 saturated carbocycles. The van der Waals surface area contributed by atoms with Crippen LogP contribution in [0.5, 0.6) is 5.75 Å². The third kappa shape index (κ3) is 4.72. The average molecular weight is 346 g/mol. The molecular weight excluding hydrogens is 334 g/mol. The van der Waals surface area contributed by atoms with E-state index in [1.54, 1.807) is 0 Å². The van der Waals surface area contributed by atoms with Gasteiger partial charge >= 0.3 is 6.18 Å². The zero-order valence-corrected chi connectivity index (χ0v) is 12.2. The van der Waals surface area contributed by atoms with Gasteiger partial charge in [-0.15, -0.1) is 0 Å². The molecule has 0 fully saturated rings. The first-order valence-corrected chi connectivity index (χ1v) is 6.63. The number of nitrogens with zero attached hydrogens (tertiary/aromatic N) is 1. The number of amidine groups is 1. The summed E-state index contributed by atoms with van der Waals surface area (Å²) in [5, 5.41) is 0. The van der Waals surface area contributed by atoms with Crippen LogP contribution in [0, 0.1) is 6.92 Å². The van der Waals surface area contributed by atoms with Gasteiger partial charge in [-0.1, -0.05) is 11.8 Å². The van der Waals surface area contributed by atoms with Crippen LogP contribution in [0.3, 0.4) is 0 Å². The molecule has 1 aromatic rings. The second-order valence-electron chi connectivity index (χ2n) is 4.09. The Morgan fingerprint density at radius 3 is 2.32 bits per heavy atom. The monoisotopic (exact) mass is 346 g/mol. The van der Waals surface area contributed by atoms with Gasteiger partial charge < -0.3 is 10.5 Å². The Morgan fingerprint density at radius 1 is 1.27 bits per heavy atom. The summed E-state index contributed by atoms with van der Waals surface area (Å²) in [6.45, 7) is 1.48. The maximum Gasteiger partial charge on any atom is 0.448 e. The van der Waals surface area contributed by atoms with Crippen LogP contribution >= 0.6 is 11.8 Å². The Morgan fingerprint density at radius 2 is 1.86 bits per heavy atom. The van der Waals surface area contributed by atoms with E-state index in [0.29, 0.717) is 5.56 Å². The highest BCUT2D eigenvalue weighted by atomic mass is 32.2. The molecule has 3 nitrogen and oxygen atoms in total. The summed E-state index contributed by atoms with van der Waals surface area (Å²) in [6, 6.07) is 2.29. The zero-order valence-electron chi connectivity index (χ0n) is 11.4. The fourth-order valence-electron chi connectivity index (χ4n) is 1.39. The van der Waals surface area contributed by atoms with Crippen LogP contribution in [0.4, 0.5) is 32.0 Å². The number of ether oxygens (including phenoxy) is 1. The van der Waals surface area contributed by atoms with Crippen molar-refractivity contribution < 1.29 is 31.1 Å². The molecule has 22 heavy (non-hydrogen) atoms. The van der Waals surface area contributed by atoms with Crippen molar-refractivity contribution in [1.29, 1.82) is 0 Å². The van der Waals surface area contributed by atoms with E-state index in [1.807, 2.05) is 0 Å². The highest BCUT2D eigenvalue weighted by Crippen LogP contribution is 2.38. The van der Waals surface area contributed by atoms with Gasteiger partial charge in [0.05, 0.1) is 7.11 Å². The zero-order chi connectivity index (χ0) is 17.1. The Balaban J connectivity index is 3.27. The van der Waals surface area contributed by atoms with E-state index < -0.39 is 23.9 Å². The van der Waals surface area contributed by atoms with Crippen molar-refractivity contribution in [3.05, 3.63) is 17.7 Å². The summed E-state index contributed by atoms with van der Waals surface area (Å²) < 4.78 is 79.7. The predicted molar refractivity (Wildman–Crippen MR) is 71.8 cm³/mol. The molecule has 0 bridgehead atoms. The molecule has 1 unspecified atom stereocenters. The van der Waals surface area contributed by atoms with Crippen LogP contribution in [0.2, 0.25) is 0 Å². The topological polar surface area (TPSA) is 47.6 Å². The minimum absolute atomic E-state index is 0.0160. The van der Waals surface area contributed by atoms with Crippen molar-refractivity contribution in [1.82, 2.24) is 0 Å². The summed E-state index contributed by atoms with van der Waals surface area (Å²) in [7, 11) is 1.20. The molecule has 1 rings (SSSR count). The van der Waals surface area contributed by atoms with E-state index in [9.17, 15) is 26.3 Å². The lowest BCUT2D eigenvalue weighted by molar-refractivity contribution is -0.0597. The lowest BCUT2D eigenvalue weighted by Gasteiger charge is -2.13. The number of hydrogen-bond donors (Lipinski definition) is 1. The number of alkyl halides is 6. The van der Waals surface area contributed by atoms with Gasteiger partial charge in [0.25, 0.3) is 6.43 Å². The fourth-order valence-corrected chi connectivity index (χ4v) is 2.16. The molecular formula is C12H12F6N2OS. The number of aryl methyl sites for hydroxylation is 1. The summed E-state index contributed by atoms with van der Waals surface area (Å²) in [4.78, 5) is 3.19. The summed E-state index contributed by atoms with van der Waals surface area (Å²) >= 11 is 0.183. The molecule has 1 atom stereocenters. The number of thioether (sulfide) groups is 1. The SMILES string of the molecule is COc1cc(C)c(SC(F)C(F)F)cc1N=C(N)C(F)(F)F. The van der Waals surface area contributed by atoms with E-state index in [-0.39, 0.29) is 28.1 Å². The van der Waals surface area contributed by atoms with Crippen LogP contribution in [0.15, 0.2) is 22.0 Å². The smallest absolute Gasteiger partial charge is 0.448 e. The molecule has 0 spiro atoms. The fraction of sp³-hybridized carbons (Fsp3) is 0.417. The Hall–Kier alpha value is -1.58. The van der Waals surface area contributed by atoms with Crippen molar-refractivity contribution in [2.75, 3.05) is 7.11 Å². The standard InChI is InChI=1S/C12H12F6N2OS/c1-5-3-7(21-2)6(20-11(19)12(16,17)18)4-8(5)22-10(15)9(13)14/h3-4,9-10H,1-2H3,(H2,19,20). The Labute approximate surface area is 126 Å². The minimum Gasteiger partial charge on any atom is -0.494 e. The number of hydrogen-bond acceptors (Lipinski definition) is 3. The minimum atomic E-state index is -4.85. The highest BCUT2D eigenvalue weighted by Gasteiger charge is 2.34. The van der Waals surface area contributed by atoms with Crippen LogP contribution in [-0.2, 0) is 0 Å². The molecule has 2 N–H and O–H groups in total. The average Bonchev–Trinajstić information content (AvgIpc) is 2.40. The normalized spacial score (nSPS) is 14.3. The number of methoxy groups -OCH3 is 1. The van der Waals surface area contributed by atoms with Crippen LogP contribution in [-0.4, -0.2) is 31.1 Å². The van der Waals surface area contributed by atoms with Gasteiger partial charge in [-0.2, -0.15) is 13.2 Å². The second kappa shape index (κ2) is 7.12. The Kier molecular flexibility index (Phi) is 5.98. The molecule has 0 amide bonds. The third-order valence-corrected chi connectivity index (χ3v) is 3.57. The first-order chi connectivity index (χ1) is 10.1. The number of benzene rings is 1. The Bertz CT molecular complexity index is 561. The van der Waals surface area contributed by atoms with E-state index in [0.717, 1.165) is 6.07 Å². The molecule has 0 radical (unpaired) electrons.